The van der Waals surface area contributed by atoms with Gasteiger partial charge < -0.3 is 5.32 Å². The highest BCUT2D eigenvalue weighted by Crippen LogP contribution is 2.29. The standard InChI is InChI=1S/C14H9F3N2O3/c15-14(16,17)10-6-4-9(5-7-10)13(20)18-11-2-1-3-12(8-11)19(21)22/h1-8H,(H,18,20). The van der Waals surface area contributed by atoms with Gasteiger partial charge in [-0.2, -0.15) is 13.2 Å². The number of nitrogens with one attached hydrogen (secondary N) is 1. The van der Waals surface area contributed by atoms with Gasteiger partial charge in [-0.05, 0) is 30.3 Å². The van der Waals surface area contributed by atoms with Crippen LogP contribution in [-0.4, -0.2) is 10.8 Å². The second-order valence-electron chi connectivity index (χ2n) is 4.34. The molecule has 5 nitrogen and oxygen atoms in total. The molecule has 0 aliphatic rings. The average Bonchev–Trinajstić information content (AvgIpc) is 2.46. The zero-order valence-corrected chi connectivity index (χ0v) is 10.9. The van der Waals surface area contributed by atoms with Gasteiger partial charge in [0.15, 0.2) is 0 Å². The van der Waals surface area contributed by atoms with Crippen LogP contribution in [0.3, 0.4) is 0 Å². The van der Waals surface area contributed by atoms with E-state index in [1.54, 1.807) is 0 Å². The van der Waals surface area contributed by atoms with Gasteiger partial charge in [-0.25, -0.2) is 0 Å². The monoisotopic (exact) mass is 310 g/mol. The van der Waals surface area contributed by atoms with E-state index in [4.69, 9.17) is 0 Å². The van der Waals surface area contributed by atoms with Crippen molar-refractivity contribution in [3.05, 3.63) is 69.8 Å². The van der Waals surface area contributed by atoms with Gasteiger partial charge in [-0.1, -0.05) is 6.07 Å². The van der Waals surface area contributed by atoms with E-state index in [-0.39, 0.29) is 16.9 Å². The first kappa shape index (κ1) is 15.5. The Morgan fingerprint density at radius 1 is 1.09 bits per heavy atom. The van der Waals surface area contributed by atoms with Gasteiger partial charge in [0.25, 0.3) is 11.6 Å². The molecule has 114 valence electrons. The number of alkyl halides is 3. The summed E-state index contributed by atoms with van der Waals surface area (Å²) in [5, 5.41) is 13.0. The number of non-ortho nitro benzene ring substituents is 1. The summed E-state index contributed by atoms with van der Waals surface area (Å²) in [6, 6.07) is 8.90. The van der Waals surface area contributed by atoms with E-state index in [0.717, 1.165) is 30.3 Å². The molecule has 0 aromatic heterocycles. The molecule has 22 heavy (non-hydrogen) atoms. The van der Waals surface area contributed by atoms with Crippen molar-refractivity contribution in [1.82, 2.24) is 0 Å². The quantitative estimate of drug-likeness (QED) is 0.691. The SMILES string of the molecule is O=C(Nc1cccc([N+](=O)[O-])c1)c1ccc(C(F)(F)F)cc1. The van der Waals surface area contributed by atoms with E-state index in [2.05, 4.69) is 5.32 Å². The molecule has 0 saturated carbocycles. The number of amides is 1. The van der Waals surface area contributed by atoms with Gasteiger partial charge in [0.1, 0.15) is 0 Å². The third-order valence-corrected chi connectivity index (χ3v) is 2.79. The van der Waals surface area contributed by atoms with Gasteiger partial charge in [0.05, 0.1) is 10.5 Å². The smallest absolute Gasteiger partial charge is 0.322 e. The highest BCUT2D eigenvalue weighted by molar-refractivity contribution is 6.04. The lowest BCUT2D eigenvalue weighted by atomic mass is 10.1. The number of nitrogens with zero attached hydrogens (tertiary/aromatic N) is 1. The maximum Gasteiger partial charge on any atom is 0.416 e. The molecule has 0 aliphatic carbocycles. The van der Waals surface area contributed by atoms with Crippen molar-refractivity contribution in [2.45, 2.75) is 6.18 Å². The molecular formula is C14H9F3N2O3. The van der Waals surface area contributed by atoms with Crippen molar-refractivity contribution >= 4 is 17.3 Å². The van der Waals surface area contributed by atoms with Gasteiger partial charge in [-0.15, -0.1) is 0 Å². The van der Waals surface area contributed by atoms with E-state index in [1.165, 1.54) is 18.2 Å². The van der Waals surface area contributed by atoms with Crippen LogP contribution >= 0.6 is 0 Å². The number of halogens is 3. The number of anilines is 1. The molecule has 1 N–H and O–H groups in total. The fourth-order valence-corrected chi connectivity index (χ4v) is 1.71. The zero-order chi connectivity index (χ0) is 16.3. The number of carbonyl (C=O) groups is 1. The summed E-state index contributed by atoms with van der Waals surface area (Å²) in [4.78, 5) is 21.9. The Kier molecular flexibility index (Phi) is 4.11. The lowest BCUT2D eigenvalue weighted by Gasteiger charge is -2.08. The molecule has 2 aromatic carbocycles. The van der Waals surface area contributed by atoms with E-state index in [0.29, 0.717) is 0 Å². The molecule has 0 unspecified atom stereocenters. The Labute approximate surface area is 122 Å². The van der Waals surface area contributed by atoms with Crippen LogP contribution in [0.5, 0.6) is 0 Å². The second-order valence-corrected chi connectivity index (χ2v) is 4.34. The van der Waals surface area contributed by atoms with Crippen LogP contribution in [0.1, 0.15) is 15.9 Å². The summed E-state index contributed by atoms with van der Waals surface area (Å²) in [5.41, 5.74) is -0.872. The van der Waals surface area contributed by atoms with Crippen molar-refractivity contribution < 1.29 is 22.9 Å². The van der Waals surface area contributed by atoms with Gasteiger partial charge in [-0.3, -0.25) is 14.9 Å². The van der Waals surface area contributed by atoms with Gasteiger partial charge in [0.2, 0.25) is 0 Å². The summed E-state index contributed by atoms with van der Waals surface area (Å²) in [5.74, 6) is -0.658. The number of nitro groups is 1. The number of nitro benzene ring substituents is 1. The van der Waals surface area contributed by atoms with E-state index in [9.17, 15) is 28.1 Å². The molecule has 1 amide bonds. The van der Waals surface area contributed by atoms with Gasteiger partial charge in [0, 0.05) is 23.4 Å². The van der Waals surface area contributed by atoms with Crippen molar-refractivity contribution in [2.24, 2.45) is 0 Å². The van der Waals surface area contributed by atoms with Crippen LogP contribution in [-0.2, 0) is 6.18 Å². The van der Waals surface area contributed by atoms with Crippen molar-refractivity contribution in [3.8, 4) is 0 Å². The summed E-state index contributed by atoms with van der Waals surface area (Å²) in [6.45, 7) is 0. The second kappa shape index (κ2) is 5.84. The molecular weight excluding hydrogens is 301 g/mol. The van der Waals surface area contributed by atoms with Crippen LogP contribution < -0.4 is 5.32 Å². The van der Waals surface area contributed by atoms with E-state index >= 15 is 0 Å². The molecule has 0 spiro atoms. The number of benzene rings is 2. The minimum Gasteiger partial charge on any atom is -0.322 e. The fourth-order valence-electron chi connectivity index (χ4n) is 1.71. The number of hydrogen-bond acceptors (Lipinski definition) is 3. The van der Waals surface area contributed by atoms with Crippen molar-refractivity contribution in [3.63, 3.8) is 0 Å². The molecule has 8 heteroatoms. The number of carbonyl (C=O) groups excluding carboxylic acids is 1. The lowest BCUT2D eigenvalue weighted by Crippen LogP contribution is -2.13. The molecule has 0 fully saturated rings. The molecule has 0 bridgehead atoms. The summed E-state index contributed by atoms with van der Waals surface area (Å²) >= 11 is 0. The third kappa shape index (κ3) is 3.60. The Morgan fingerprint density at radius 2 is 1.73 bits per heavy atom. The molecule has 0 atom stereocenters. The normalized spacial score (nSPS) is 11.0. The minimum atomic E-state index is -4.48. The first-order valence-electron chi connectivity index (χ1n) is 6.00. The topological polar surface area (TPSA) is 72.2 Å². The molecule has 0 aliphatic heterocycles. The van der Waals surface area contributed by atoms with E-state index < -0.39 is 22.6 Å². The Balaban J connectivity index is 2.15. The first-order valence-corrected chi connectivity index (χ1v) is 6.00. The largest absolute Gasteiger partial charge is 0.416 e. The van der Waals surface area contributed by atoms with E-state index in [1.807, 2.05) is 0 Å². The van der Waals surface area contributed by atoms with Gasteiger partial charge >= 0.3 is 6.18 Å². The van der Waals surface area contributed by atoms with Crippen molar-refractivity contribution in [1.29, 1.82) is 0 Å². The number of rotatable bonds is 3. The predicted octanol–water partition coefficient (Wildman–Crippen LogP) is 3.87. The first-order chi connectivity index (χ1) is 10.3. The maximum atomic E-state index is 12.4. The zero-order valence-electron chi connectivity index (χ0n) is 10.9. The van der Waals surface area contributed by atoms with Crippen LogP contribution in [0.15, 0.2) is 48.5 Å². The summed E-state index contributed by atoms with van der Waals surface area (Å²) in [7, 11) is 0. The Morgan fingerprint density at radius 3 is 2.27 bits per heavy atom. The fraction of sp³-hybridized carbons (Fsp3) is 0.0714. The average molecular weight is 310 g/mol. The van der Waals surface area contributed by atoms with Crippen molar-refractivity contribution in [2.75, 3.05) is 5.32 Å². The molecule has 0 saturated heterocycles. The molecule has 0 radical (unpaired) electrons. The summed E-state index contributed by atoms with van der Waals surface area (Å²) in [6.07, 6.45) is -4.48. The Hall–Kier alpha value is -2.90. The highest BCUT2D eigenvalue weighted by Gasteiger charge is 2.30. The maximum absolute atomic E-state index is 12.4. The predicted molar refractivity (Wildman–Crippen MR) is 72.5 cm³/mol. The molecule has 2 rings (SSSR count). The van der Waals surface area contributed by atoms with Crippen LogP contribution in [0, 0.1) is 10.1 Å². The Bertz CT molecular complexity index is 712. The number of hydrogen-bond donors (Lipinski definition) is 1. The van der Waals surface area contributed by atoms with Crippen LogP contribution in [0.2, 0.25) is 0 Å². The van der Waals surface area contributed by atoms with Crippen LogP contribution in [0.25, 0.3) is 0 Å². The molecule has 2 aromatic rings. The summed E-state index contributed by atoms with van der Waals surface area (Å²) < 4.78 is 37.3. The van der Waals surface area contributed by atoms with Crippen LogP contribution in [0.4, 0.5) is 24.5 Å². The molecule has 0 heterocycles. The lowest BCUT2D eigenvalue weighted by molar-refractivity contribution is -0.384. The third-order valence-electron chi connectivity index (χ3n) is 2.79. The minimum absolute atomic E-state index is 0.0134. The highest BCUT2D eigenvalue weighted by atomic mass is 19.4.